The van der Waals surface area contributed by atoms with Crippen LogP contribution in [-0.2, 0) is 9.47 Å². The molecule has 2 N–H and O–H groups in total. The summed E-state index contributed by atoms with van der Waals surface area (Å²) in [6, 6.07) is 0. The third kappa shape index (κ3) is 4.94. The van der Waals surface area contributed by atoms with Crippen molar-refractivity contribution >= 4 is 0 Å². The number of rotatable bonds is 7. The molecule has 14 heavy (non-hydrogen) atoms. The van der Waals surface area contributed by atoms with Gasteiger partial charge in [-0.25, -0.2) is 0 Å². The van der Waals surface area contributed by atoms with Crippen LogP contribution < -0.4 is 5.73 Å². The highest BCUT2D eigenvalue weighted by Crippen LogP contribution is 2.21. The van der Waals surface area contributed by atoms with Gasteiger partial charge in [0.1, 0.15) is 0 Å². The molecule has 3 heteroatoms. The van der Waals surface area contributed by atoms with Gasteiger partial charge in [0.25, 0.3) is 0 Å². The first-order valence-corrected chi connectivity index (χ1v) is 5.28. The maximum Gasteiger partial charge on any atom is 0.0855 e. The lowest BCUT2D eigenvalue weighted by Gasteiger charge is -2.33. The van der Waals surface area contributed by atoms with Gasteiger partial charge in [-0.3, -0.25) is 0 Å². The van der Waals surface area contributed by atoms with E-state index in [1.807, 2.05) is 13.8 Å². The molecule has 0 amide bonds. The zero-order valence-electron chi connectivity index (χ0n) is 10.2. The smallest absolute Gasteiger partial charge is 0.0855 e. The van der Waals surface area contributed by atoms with Gasteiger partial charge < -0.3 is 15.2 Å². The van der Waals surface area contributed by atoms with Gasteiger partial charge in [-0.15, -0.1) is 0 Å². The van der Waals surface area contributed by atoms with E-state index in [0.29, 0.717) is 13.2 Å². The van der Waals surface area contributed by atoms with Crippen molar-refractivity contribution in [3.8, 4) is 0 Å². The lowest BCUT2D eigenvalue weighted by molar-refractivity contribution is -0.116. The molecule has 0 fully saturated rings. The van der Waals surface area contributed by atoms with Crippen LogP contribution in [0.1, 0.15) is 40.5 Å². The molecule has 0 radical (unpaired) electrons. The summed E-state index contributed by atoms with van der Waals surface area (Å²) in [6.07, 6.45) is 1.87. The zero-order chi connectivity index (χ0) is 11.2. The van der Waals surface area contributed by atoms with Crippen LogP contribution in [0.3, 0.4) is 0 Å². The number of hydrogen-bond acceptors (Lipinski definition) is 3. The molecule has 0 aliphatic heterocycles. The van der Waals surface area contributed by atoms with Crippen LogP contribution in [0.5, 0.6) is 0 Å². The Balaban J connectivity index is 4.06. The van der Waals surface area contributed by atoms with Gasteiger partial charge in [-0.05, 0) is 40.2 Å². The quantitative estimate of drug-likeness (QED) is 0.688. The van der Waals surface area contributed by atoms with E-state index < -0.39 is 0 Å². The topological polar surface area (TPSA) is 44.5 Å². The molecule has 0 spiro atoms. The van der Waals surface area contributed by atoms with E-state index in [2.05, 4.69) is 13.8 Å². The summed E-state index contributed by atoms with van der Waals surface area (Å²) in [6.45, 7) is 9.53. The summed E-state index contributed by atoms with van der Waals surface area (Å²) in [5.41, 5.74) is 5.23. The van der Waals surface area contributed by atoms with Crippen molar-refractivity contribution in [2.75, 3.05) is 20.3 Å². The Bertz CT molecular complexity index is 159. The first-order chi connectivity index (χ1) is 6.39. The van der Waals surface area contributed by atoms with Crippen LogP contribution >= 0.6 is 0 Å². The second-order valence-electron chi connectivity index (χ2n) is 4.59. The molecule has 0 bridgehead atoms. The average molecular weight is 203 g/mol. The minimum Gasteiger partial charge on any atom is -0.376 e. The summed E-state index contributed by atoms with van der Waals surface area (Å²) in [5, 5.41) is 0. The number of ether oxygens (including phenoxy) is 2. The molecule has 0 aromatic heterocycles. The summed E-state index contributed by atoms with van der Waals surface area (Å²) in [7, 11) is 1.70. The van der Waals surface area contributed by atoms with E-state index in [1.165, 1.54) is 0 Å². The van der Waals surface area contributed by atoms with Crippen molar-refractivity contribution in [1.82, 2.24) is 0 Å². The Morgan fingerprint density at radius 3 is 2.14 bits per heavy atom. The molecule has 0 aliphatic carbocycles. The van der Waals surface area contributed by atoms with Gasteiger partial charge in [0.05, 0.1) is 17.8 Å². The second kappa shape index (κ2) is 5.69. The summed E-state index contributed by atoms with van der Waals surface area (Å²) in [4.78, 5) is 0. The summed E-state index contributed by atoms with van der Waals surface area (Å²) < 4.78 is 11.2. The Kier molecular flexibility index (Phi) is 5.64. The van der Waals surface area contributed by atoms with Gasteiger partial charge in [0, 0.05) is 7.11 Å². The van der Waals surface area contributed by atoms with Crippen LogP contribution in [0.2, 0.25) is 0 Å². The number of hydrogen-bond donors (Lipinski definition) is 1. The fraction of sp³-hybridized carbons (Fsp3) is 1.00. The fourth-order valence-electron chi connectivity index (χ4n) is 1.06. The first-order valence-electron chi connectivity index (χ1n) is 5.28. The molecular formula is C11H25NO2. The first kappa shape index (κ1) is 13.9. The molecule has 0 saturated heterocycles. The van der Waals surface area contributed by atoms with E-state index in [-0.39, 0.29) is 11.2 Å². The summed E-state index contributed by atoms with van der Waals surface area (Å²) in [5.74, 6) is 0. The van der Waals surface area contributed by atoms with E-state index >= 15 is 0 Å². The fourth-order valence-corrected chi connectivity index (χ4v) is 1.06. The Morgan fingerprint density at radius 2 is 1.79 bits per heavy atom. The molecule has 3 nitrogen and oxygen atoms in total. The van der Waals surface area contributed by atoms with Gasteiger partial charge >= 0.3 is 0 Å². The van der Waals surface area contributed by atoms with Crippen LogP contribution in [0, 0.1) is 0 Å². The number of nitrogens with two attached hydrogens (primary N) is 1. The second-order valence-corrected chi connectivity index (χ2v) is 4.59. The van der Waals surface area contributed by atoms with E-state index in [1.54, 1.807) is 7.11 Å². The number of methoxy groups -OCH3 is 1. The van der Waals surface area contributed by atoms with Gasteiger partial charge in [0.2, 0.25) is 0 Å². The third-order valence-corrected chi connectivity index (χ3v) is 2.74. The molecular weight excluding hydrogens is 178 g/mol. The molecule has 1 unspecified atom stereocenters. The van der Waals surface area contributed by atoms with Crippen LogP contribution in [0.4, 0.5) is 0 Å². The van der Waals surface area contributed by atoms with Crippen molar-refractivity contribution in [2.45, 2.75) is 51.7 Å². The SMILES string of the molecule is CCC(C)(CCN)OCC(C)(C)OC. The van der Waals surface area contributed by atoms with Crippen molar-refractivity contribution in [1.29, 1.82) is 0 Å². The zero-order valence-corrected chi connectivity index (χ0v) is 10.2. The molecule has 0 rings (SSSR count). The Labute approximate surface area is 88.0 Å². The Morgan fingerprint density at radius 1 is 1.21 bits per heavy atom. The predicted molar refractivity (Wildman–Crippen MR) is 59.4 cm³/mol. The monoisotopic (exact) mass is 203 g/mol. The molecule has 0 heterocycles. The summed E-state index contributed by atoms with van der Waals surface area (Å²) >= 11 is 0. The normalized spacial score (nSPS) is 16.7. The maximum absolute atomic E-state index is 5.87. The predicted octanol–water partition coefficient (Wildman–Crippen LogP) is 1.95. The molecule has 0 aromatic rings. The molecule has 86 valence electrons. The van der Waals surface area contributed by atoms with Gasteiger partial charge in [0.15, 0.2) is 0 Å². The van der Waals surface area contributed by atoms with Crippen LogP contribution in [0.25, 0.3) is 0 Å². The third-order valence-electron chi connectivity index (χ3n) is 2.74. The largest absolute Gasteiger partial charge is 0.376 e. The lowest BCUT2D eigenvalue weighted by Crippen LogP contribution is -2.38. The minimum atomic E-state index is -0.217. The van der Waals surface area contributed by atoms with E-state index in [4.69, 9.17) is 15.2 Å². The van der Waals surface area contributed by atoms with Crippen molar-refractivity contribution < 1.29 is 9.47 Å². The molecule has 1 atom stereocenters. The Hall–Kier alpha value is -0.120. The van der Waals surface area contributed by atoms with Crippen molar-refractivity contribution in [2.24, 2.45) is 5.73 Å². The van der Waals surface area contributed by atoms with E-state index in [0.717, 1.165) is 12.8 Å². The van der Waals surface area contributed by atoms with Gasteiger partial charge in [-0.2, -0.15) is 0 Å². The van der Waals surface area contributed by atoms with Gasteiger partial charge in [-0.1, -0.05) is 6.92 Å². The van der Waals surface area contributed by atoms with Crippen molar-refractivity contribution in [3.63, 3.8) is 0 Å². The van der Waals surface area contributed by atoms with Crippen molar-refractivity contribution in [3.05, 3.63) is 0 Å². The highest BCUT2D eigenvalue weighted by molar-refractivity contribution is 4.76. The standard InChI is InChI=1S/C11H25NO2/c1-6-11(4,7-8-12)14-9-10(2,3)13-5/h6-9,12H2,1-5H3. The molecule has 0 saturated carbocycles. The maximum atomic E-state index is 5.87. The highest BCUT2D eigenvalue weighted by atomic mass is 16.5. The average Bonchev–Trinajstić information content (AvgIpc) is 2.16. The highest BCUT2D eigenvalue weighted by Gasteiger charge is 2.26. The van der Waals surface area contributed by atoms with E-state index in [9.17, 15) is 0 Å². The van der Waals surface area contributed by atoms with Crippen LogP contribution in [-0.4, -0.2) is 31.5 Å². The van der Waals surface area contributed by atoms with Crippen LogP contribution in [0.15, 0.2) is 0 Å². The molecule has 0 aliphatic rings. The lowest BCUT2D eigenvalue weighted by atomic mass is 9.98. The molecule has 0 aromatic carbocycles. The minimum absolute atomic E-state index is 0.107.